The Morgan fingerprint density at radius 2 is 1.62 bits per heavy atom. The van der Waals surface area contributed by atoms with Gasteiger partial charge in [0.2, 0.25) is 0 Å². The number of carboxylic acids is 1. The predicted molar refractivity (Wildman–Crippen MR) is 123 cm³/mol. The molecule has 0 radical (unpaired) electrons. The van der Waals surface area contributed by atoms with E-state index in [1.54, 1.807) is 50.4 Å². The molecular weight excluding hydrogens is 440 g/mol. The average Bonchev–Trinajstić information content (AvgIpc) is 3.40. The fourth-order valence-corrected chi connectivity index (χ4v) is 3.95. The third-order valence-electron chi connectivity index (χ3n) is 5.41. The van der Waals surface area contributed by atoms with Crippen LogP contribution in [0.5, 0.6) is 0 Å². The van der Waals surface area contributed by atoms with E-state index in [1.807, 2.05) is 24.3 Å². The lowest BCUT2D eigenvalue weighted by Gasteiger charge is -2.35. The molecule has 1 aliphatic rings. The summed E-state index contributed by atoms with van der Waals surface area (Å²) >= 11 is 0. The van der Waals surface area contributed by atoms with Gasteiger partial charge in [-0.05, 0) is 25.5 Å². The summed E-state index contributed by atoms with van der Waals surface area (Å²) in [5.41, 5.74) is -0.357. The van der Waals surface area contributed by atoms with Gasteiger partial charge in [0.1, 0.15) is 0 Å². The zero-order valence-electron chi connectivity index (χ0n) is 18.7. The second-order valence-electron chi connectivity index (χ2n) is 7.48. The SMILES string of the molecule is CCOC(=O)N1C(c2ccccc2)=NC(Cc2c[nH]c3ccccc23)(C(=O)O)N1C(=O)OCC. The van der Waals surface area contributed by atoms with Gasteiger partial charge in [0.05, 0.1) is 13.2 Å². The van der Waals surface area contributed by atoms with Crippen LogP contribution in [0.3, 0.4) is 0 Å². The number of nitrogens with one attached hydrogen (secondary N) is 1. The number of carbonyl (C=O) groups excluding carboxylic acids is 2. The predicted octanol–water partition coefficient (Wildman–Crippen LogP) is 3.78. The first kappa shape index (κ1) is 22.8. The number of rotatable bonds is 6. The molecule has 4 rings (SSSR count). The number of ether oxygens (including phenoxy) is 2. The van der Waals surface area contributed by atoms with Crippen LogP contribution in [0.1, 0.15) is 25.0 Å². The fraction of sp³-hybridized carbons (Fsp3) is 0.250. The van der Waals surface area contributed by atoms with Crippen molar-refractivity contribution in [1.82, 2.24) is 15.0 Å². The number of fused-ring (bicyclic) bond motifs is 1. The number of nitrogens with zero attached hydrogens (tertiary/aromatic N) is 3. The smallest absolute Gasteiger partial charge is 0.435 e. The van der Waals surface area contributed by atoms with Crippen molar-refractivity contribution in [2.24, 2.45) is 4.99 Å². The molecule has 10 heteroatoms. The van der Waals surface area contributed by atoms with Gasteiger partial charge in [0.25, 0.3) is 5.66 Å². The number of aromatic nitrogens is 1. The summed E-state index contributed by atoms with van der Waals surface area (Å²) in [6, 6.07) is 15.9. The fourth-order valence-electron chi connectivity index (χ4n) is 3.95. The highest BCUT2D eigenvalue weighted by atomic mass is 16.6. The van der Waals surface area contributed by atoms with E-state index in [0.29, 0.717) is 11.1 Å². The minimum atomic E-state index is -2.20. The number of carbonyl (C=O) groups is 3. The number of aliphatic imine (C=N–C) groups is 1. The number of amides is 2. The Morgan fingerprint density at radius 3 is 2.29 bits per heavy atom. The molecule has 34 heavy (non-hydrogen) atoms. The van der Waals surface area contributed by atoms with Crippen LogP contribution >= 0.6 is 0 Å². The Morgan fingerprint density at radius 1 is 0.971 bits per heavy atom. The molecule has 0 saturated carbocycles. The minimum absolute atomic E-state index is 0.0105. The van der Waals surface area contributed by atoms with E-state index < -0.39 is 23.8 Å². The first-order chi connectivity index (χ1) is 16.4. The highest BCUT2D eigenvalue weighted by Crippen LogP contribution is 2.36. The van der Waals surface area contributed by atoms with E-state index in [0.717, 1.165) is 20.9 Å². The molecule has 3 aromatic rings. The summed E-state index contributed by atoms with van der Waals surface area (Å²) in [5, 5.41) is 12.8. The maximum absolute atomic E-state index is 13.2. The third-order valence-corrected chi connectivity index (χ3v) is 5.41. The summed E-state index contributed by atoms with van der Waals surface area (Å²) in [6.07, 6.45) is -0.534. The monoisotopic (exact) mass is 464 g/mol. The zero-order chi connectivity index (χ0) is 24.3. The van der Waals surface area contributed by atoms with Gasteiger partial charge in [-0.3, -0.25) is 0 Å². The Hall–Kier alpha value is -4.34. The molecule has 176 valence electrons. The molecule has 1 aliphatic heterocycles. The molecule has 2 amide bonds. The van der Waals surface area contributed by atoms with E-state index in [1.165, 1.54) is 0 Å². The van der Waals surface area contributed by atoms with E-state index in [-0.39, 0.29) is 25.5 Å². The van der Waals surface area contributed by atoms with Crippen molar-refractivity contribution in [3.8, 4) is 0 Å². The minimum Gasteiger partial charge on any atom is -0.478 e. The van der Waals surface area contributed by atoms with Crippen LogP contribution in [0.25, 0.3) is 10.9 Å². The van der Waals surface area contributed by atoms with E-state index >= 15 is 0 Å². The number of amidine groups is 1. The van der Waals surface area contributed by atoms with Gasteiger partial charge in [-0.15, -0.1) is 0 Å². The van der Waals surface area contributed by atoms with Crippen LogP contribution in [0, 0.1) is 0 Å². The topological polar surface area (TPSA) is 125 Å². The number of para-hydroxylation sites is 1. The van der Waals surface area contributed by atoms with Crippen LogP contribution in [-0.4, -0.2) is 63.0 Å². The van der Waals surface area contributed by atoms with Crippen LogP contribution in [-0.2, 0) is 20.7 Å². The van der Waals surface area contributed by atoms with Crippen molar-refractivity contribution in [3.05, 3.63) is 71.9 Å². The first-order valence-corrected chi connectivity index (χ1v) is 10.8. The molecule has 0 fully saturated rings. The van der Waals surface area contributed by atoms with Gasteiger partial charge in [-0.2, -0.15) is 10.0 Å². The largest absolute Gasteiger partial charge is 0.478 e. The summed E-state index contributed by atoms with van der Waals surface area (Å²) in [6.45, 7) is 3.17. The molecule has 0 aliphatic carbocycles. The second-order valence-corrected chi connectivity index (χ2v) is 7.48. The standard InChI is InChI=1S/C24H24N4O6/c1-3-33-22(31)27-20(16-10-6-5-7-11-16)26-24(21(29)30,28(27)23(32)34-4-2)14-17-15-25-19-13-9-8-12-18(17)19/h5-13,15,25H,3-4,14H2,1-2H3,(H,29,30). The molecule has 2 N–H and O–H groups in total. The Bertz CT molecular complexity index is 1250. The zero-order valence-corrected chi connectivity index (χ0v) is 18.7. The normalized spacial score (nSPS) is 17.5. The van der Waals surface area contributed by atoms with Crippen molar-refractivity contribution < 1.29 is 29.0 Å². The summed E-state index contributed by atoms with van der Waals surface area (Å²) in [5.74, 6) is -1.46. The highest BCUT2D eigenvalue weighted by molar-refractivity contribution is 6.11. The van der Waals surface area contributed by atoms with Crippen molar-refractivity contribution in [3.63, 3.8) is 0 Å². The number of aliphatic carboxylic acids is 1. The van der Waals surface area contributed by atoms with Crippen LogP contribution in [0.4, 0.5) is 9.59 Å². The number of hydrazine groups is 1. The van der Waals surface area contributed by atoms with Crippen molar-refractivity contribution in [1.29, 1.82) is 0 Å². The Kier molecular flexibility index (Phi) is 6.22. The number of hydrogen-bond acceptors (Lipinski definition) is 6. The highest BCUT2D eigenvalue weighted by Gasteiger charge is 2.59. The Labute approximate surface area is 195 Å². The van der Waals surface area contributed by atoms with Crippen LogP contribution in [0.2, 0.25) is 0 Å². The quantitative estimate of drug-likeness (QED) is 0.572. The number of carboxylic acid groups (broad SMARTS) is 1. The maximum Gasteiger partial charge on any atom is 0.435 e. The van der Waals surface area contributed by atoms with Gasteiger partial charge in [-0.25, -0.2) is 19.4 Å². The van der Waals surface area contributed by atoms with Gasteiger partial charge in [0, 0.05) is 29.1 Å². The van der Waals surface area contributed by atoms with Crippen molar-refractivity contribution in [2.75, 3.05) is 13.2 Å². The lowest BCUT2D eigenvalue weighted by molar-refractivity contribution is -0.154. The third kappa shape index (κ3) is 3.83. The Balaban J connectivity index is 1.93. The molecule has 2 aromatic carbocycles. The number of benzene rings is 2. The van der Waals surface area contributed by atoms with Gasteiger partial charge >= 0.3 is 18.2 Å². The average molecular weight is 464 g/mol. The molecule has 1 atom stereocenters. The molecule has 2 heterocycles. The van der Waals surface area contributed by atoms with Gasteiger partial charge in [-0.1, -0.05) is 48.5 Å². The molecule has 10 nitrogen and oxygen atoms in total. The van der Waals surface area contributed by atoms with Crippen LogP contribution < -0.4 is 0 Å². The van der Waals surface area contributed by atoms with E-state index in [9.17, 15) is 19.5 Å². The van der Waals surface area contributed by atoms with Gasteiger partial charge in [0.15, 0.2) is 5.84 Å². The first-order valence-electron chi connectivity index (χ1n) is 10.8. The lowest BCUT2D eigenvalue weighted by atomic mass is 9.99. The summed E-state index contributed by atoms with van der Waals surface area (Å²) in [4.78, 5) is 46.7. The molecule has 0 bridgehead atoms. The van der Waals surface area contributed by atoms with E-state index in [4.69, 9.17) is 9.47 Å². The van der Waals surface area contributed by atoms with Gasteiger partial charge < -0.3 is 19.6 Å². The molecule has 1 aromatic heterocycles. The molecule has 0 saturated heterocycles. The molecular formula is C24H24N4O6. The van der Waals surface area contributed by atoms with Crippen molar-refractivity contribution in [2.45, 2.75) is 25.9 Å². The number of hydrogen-bond donors (Lipinski definition) is 2. The molecule has 1 unspecified atom stereocenters. The van der Waals surface area contributed by atoms with Crippen molar-refractivity contribution >= 4 is 34.9 Å². The van der Waals surface area contributed by atoms with Crippen LogP contribution in [0.15, 0.2) is 65.8 Å². The van der Waals surface area contributed by atoms with E-state index in [2.05, 4.69) is 9.98 Å². The number of H-pyrrole nitrogens is 1. The second kappa shape index (κ2) is 9.26. The maximum atomic E-state index is 13.2. The lowest BCUT2D eigenvalue weighted by Crippen LogP contribution is -2.61. The summed E-state index contributed by atoms with van der Waals surface area (Å²) < 4.78 is 10.3. The molecule has 0 spiro atoms. The summed E-state index contributed by atoms with van der Waals surface area (Å²) in [7, 11) is 0. The number of aromatic amines is 1.